The van der Waals surface area contributed by atoms with E-state index in [9.17, 15) is 14.7 Å². The predicted octanol–water partition coefficient (Wildman–Crippen LogP) is 5.11. The van der Waals surface area contributed by atoms with Crippen LogP contribution in [0.25, 0.3) is 5.76 Å². The molecule has 1 aliphatic rings. The van der Waals surface area contributed by atoms with Gasteiger partial charge in [0.25, 0.3) is 5.91 Å². The second-order valence-electron chi connectivity index (χ2n) is 11.4. The second-order valence-corrected chi connectivity index (χ2v) is 11.4. The monoisotopic (exact) mass is 546 g/mol. The van der Waals surface area contributed by atoms with Crippen molar-refractivity contribution in [2.45, 2.75) is 52.3 Å². The van der Waals surface area contributed by atoms with Gasteiger partial charge in [-0.05, 0) is 58.4 Å². The number of hydrogen-bond donors (Lipinski definition) is 0. The molecule has 1 aromatic heterocycles. The Morgan fingerprint density at radius 3 is 2.27 bits per heavy atom. The molecule has 0 bridgehead atoms. The molecule has 0 spiro atoms. The summed E-state index contributed by atoms with van der Waals surface area (Å²) in [4.78, 5) is 31.4. The van der Waals surface area contributed by atoms with Crippen molar-refractivity contribution in [2.75, 3.05) is 0 Å². The van der Waals surface area contributed by atoms with Crippen molar-refractivity contribution >= 4 is 17.4 Å². The van der Waals surface area contributed by atoms with Crippen LogP contribution in [0.2, 0.25) is 0 Å². The summed E-state index contributed by atoms with van der Waals surface area (Å²) in [6.45, 7) is 8.78. The number of carbonyl (C=O) groups excluding carboxylic acids is 2. The number of aromatic amines is 1. The molecular formula is C35H34N2O4. The number of amides is 1. The van der Waals surface area contributed by atoms with Crippen molar-refractivity contribution in [3.05, 3.63) is 136 Å². The molecule has 1 atom stereocenters. The van der Waals surface area contributed by atoms with Gasteiger partial charge in [0.05, 0.1) is 12.6 Å². The van der Waals surface area contributed by atoms with Crippen molar-refractivity contribution in [3.63, 3.8) is 0 Å². The lowest BCUT2D eigenvalue weighted by atomic mass is 9.85. The Morgan fingerprint density at radius 1 is 0.927 bits per heavy atom. The summed E-state index contributed by atoms with van der Waals surface area (Å²) in [6.07, 6.45) is 3.57. The molecule has 4 aromatic rings. The van der Waals surface area contributed by atoms with E-state index in [1.165, 1.54) is 4.90 Å². The first-order valence-corrected chi connectivity index (χ1v) is 13.7. The minimum Gasteiger partial charge on any atom is -0.872 e. The number of nitrogens with one attached hydrogen (secondary N) is 1. The first kappa shape index (κ1) is 27.8. The quantitative estimate of drug-likeness (QED) is 0.183. The summed E-state index contributed by atoms with van der Waals surface area (Å²) in [5.41, 5.74) is 4.66. The zero-order chi connectivity index (χ0) is 29.1. The fourth-order valence-electron chi connectivity index (χ4n) is 5.14. The lowest BCUT2D eigenvalue weighted by molar-refractivity contribution is -0.378. The van der Waals surface area contributed by atoms with E-state index in [2.05, 4.69) is 25.8 Å². The topological polar surface area (TPSA) is 83.8 Å². The molecule has 1 amide bonds. The first-order valence-electron chi connectivity index (χ1n) is 13.7. The lowest BCUT2D eigenvalue weighted by Gasteiger charge is -2.28. The molecule has 6 heteroatoms. The van der Waals surface area contributed by atoms with Gasteiger partial charge >= 0.3 is 0 Å². The van der Waals surface area contributed by atoms with Crippen LogP contribution in [0.1, 0.15) is 60.2 Å². The zero-order valence-corrected chi connectivity index (χ0v) is 23.8. The first-order chi connectivity index (χ1) is 19.6. The van der Waals surface area contributed by atoms with Crippen LogP contribution in [0, 0.1) is 6.92 Å². The van der Waals surface area contributed by atoms with Crippen molar-refractivity contribution in [1.29, 1.82) is 0 Å². The Kier molecular flexibility index (Phi) is 7.75. The fraction of sp³-hybridized carbons (Fsp3) is 0.229. The molecule has 6 nitrogen and oxygen atoms in total. The molecular weight excluding hydrogens is 512 g/mol. The third kappa shape index (κ3) is 5.92. The lowest BCUT2D eigenvalue weighted by Crippen LogP contribution is -2.29. The number of ether oxygens (including phenoxy) is 1. The van der Waals surface area contributed by atoms with Gasteiger partial charge in [-0.2, -0.15) is 0 Å². The highest BCUT2D eigenvalue weighted by Crippen LogP contribution is 2.40. The van der Waals surface area contributed by atoms with Crippen LogP contribution in [0.3, 0.4) is 0 Å². The Balaban J connectivity index is 1.53. The van der Waals surface area contributed by atoms with Crippen LogP contribution in [-0.4, -0.2) is 16.6 Å². The van der Waals surface area contributed by atoms with Crippen LogP contribution in [0.4, 0.5) is 0 Å². The Morgan fingerprint density at radius 2 is 1.63 bits per heavy atom. The third-order valence-electron chi connectivity index (χ3n) is 7.44. The molecule has 1 fully saturated rings. The van der Waals surface area contributed by atoms with Gasteiger partial charge < -0.3 is 14.7 Å². The maximum absolute atomic E-state index is 14.0. The van der Waals surface area contributed by atoms with Gasteiger partial charge in [-0.3, -0.25) is 9.59 Å². The molecule has 208 valence electrons. The molecule has 1 unspecified atom stereocenters. The molecule has 5 rings (SSSR count). The number of H-pyrrole nitrogens is 1. The summed E-state index contributed by atoms with van der Waals surface area (Å²) < 4.78 is 5.93. The van der Waals surface area contributed by atoms with E-state index in [1.807, 2.05) is 73.7 Å². The van der Waals surface area contributed by atoms with Gasteiger partial charge in [0, 0.05) is 17.2 Å². The number of likely N-dealkylation sites (tertiary alicyclic amines) is 1. The molecule has 2 heterocycles. The largest absolute Gasteiger partial charge is 0.872 e. The minimum absolute atomic E-state index is 0.0283. The Labute approximate surface area is 240 Å². The van der Waals surface area contributed by atoms with Crippen molar-refractivity contribution in [3.8, 4) is 5.75 Å². The van der Waals surface area contributed by atoms with E-state index in [4.69, 9.17) is 4.74 Å². The summed E-state index contributed by atoms with van der Waals surface area (Å²) >= 11 is 0. The summed E-state index contributed by atoms with van der Waals surface area (Å²) in [5, 5.41) is 14.0. The number of ketones is 1. The number of benzene rings is 3. The van der Waals surface area contributed by atoms with Crippen LogP contribution in [0.5, 0.6) is 5.75 Å². The van der Waals surface area contributed by atoms with Gasteiger partial charge in [0.2, 0.25) is 5.78 Å². The maximum Gasteiger partial charge on any atom is 0.295 e. The highest BCUT2D eigenvalue weighted by molar-refractivity contribution is 6.46. The van der Waals surface area contributed by atoms with E-state index in [0.717, 1.165) is 22.3 Å². The van der Waals surface area contributed by atoms with E-state index in [-0.39, 0.29) is 17.5 Å². The van der Waals surface area contributed by atoms with Crippen molar-refractivity contribution in [2.24, 2.45) is 0 Å². The number of carbonyl (C=O) groups is 2. The normalized spacial score (nSPS) is 16.7. The van der Waals surface area contributed by atoms with Crippen molar-refractivity contribution in [1.82, 2.24) is 4.90 Å². The molecule has 0 radical (unpaired) electrons. The predicted molar refractivity (Wildman–Crippen MR) is 155 cm³/mol. The maximum atomic E-state index is 14.0. The SMILES string of the molecule is Cc1cc(OCc2ccccc2)ccc1C([O-])=C1C(=O)C(=O)N(Cc2ccc[nH+]c2)C1c1ccc(C(C)(C)C)cc1. The highest BCUT2D eigenvalue weighted by Gasteiger charge is 2.44. The van der Waals surface area contributed by atoms with E-state index >= 15 is 0 Å². The fourth-order valence-corrected chi connectivity index (χ4v) is 5.14. The average molecular weight is 547 g/mol. The van der Waals surface area contributed by atoms with Gasteiger partial charge in [0.1, 0.15) is 12.4 Å². The molecule has 0 aliphatic carbocycles. The molecule has 3 aromatic carbocycles. The standard InChI is InChI=1S/C35H34N2O4/c1-23-19-28(41-22-24-9-6-5-7-10-24)16-17-29(23)32(38)30-31(26-12-14-27(15-13-26)35(2,3)4)37(34(40)33(30)39)21-25-11-8-18-36-20-25/h5-20,31,38H,21-22H2,1-4H3. The highest BCUT2D eigenvalue weighted by atomic mass is 16.5. The third-order valence-corrected chi connectivity index (χ3v) is 7.44. The molecule has 41 heavy (non-hydrogen) atoms. The summed E-state index contributed by atoms with van der Waals surface area (Å²) in [6, 6.07) is 25.8. The van der Waals surface area contributed by atoms with E-state index in [0.29, 0.717) is 23.5 Å². The number of Topliss-reactive ketones (excluding diaryl/α,β-unsaturated/α-hetero) is 1. The van der Waals surface area contributed by atoms with Crippen LogP contribution in [0.15, 0.2) is 103 Å². The van der Waals surface area contributed by atoms with Gasteiger partial charge in [-0.25, -0.2) is 4.98 Å². The van der Waals surface area contributed by atoms with Crippen LogP contribution >= 0.6 is 0 Å². The number of aryl methyl sites for hydroxylation is 1. The van der Waals surface area contributed by atoms with Gasteiger partial charge in [-0.1, -0.05) is 87.2 Å². The second kappa shape index (κ2) is 11.4. The molecule has 1 aliphatic heterocycles. The van der Waals surface area contributed by atoms with E-state index in [1.54, 1.807) is 30.6 Å². The van der Waals surface area contributed by atoms with Crippen molar-refractivity contribution < 1.29 is 24.4 Å². The zero-order valence-electron chi connectivity index (χ0n) is 23.8. The summed E-state index contributed by atoms with van der Waals surface area (Å²) in [7, 11) is 0. The van der Waals surface area contributed by atoms with Gasteiger partial charge in [-0.15, -0.1) is 0 Å². The number of pyridine rings is 1. The number of aromatic nitrogens is 1. The number of nitrogens with zero attached hydrogens (tertiary/aromatic N) is 1. The van der Waals surface area contributed by atoms with Crippen LogP contribution < -0.4 is 14.8 Å². The molecule has 1 N–H and O–H groups in total. The number of rotatable bonds is 7. The smallest absolute Gasteiger partial charge is 0.295 e. The Hall–Kier alpha value is -4.71. The average Bonchev–Trinajstić information content (AvgIpc) is 3.21. The summed E-state index contributed by atoms with van der Waals surface area (Å²) in [5.74, 6) is -1.26. The van der Waals surface area contributed by atoms with Gasteiger partial charge in [0.15, 0.2) is 12.4 Å². The van der Waals surface area contributed by atoms with E-state index < -0.39 is 23.5 Å². The van der Waals surface area contributed by atoms with Crippen LogP contribution in [-0.2, 0) is 28.2 Å². The number of hydrogen-bond acceptors (Lipinski definition) is 4. The minimum atomic E-state index is -0.801. The Bertz CT molecular complexity index is 1590. The molecule has 0 saturated carbocycles. The molecule has 1 saturated heterocycles.